The van der Waals surface area contributed by atoms with E-state index in [4.69, 9.17) is 32.9 Å². The molecule has 7 rings (SSSR count). The van der Waals surface area contributed by atoms with Crippen LogP contribution in [0.5, 0.6) is 5.88 Å². The summed E-state index contributed by atoms with van der Waals surface area (Å²) in [6.07, 6.45) is 6.82. The van der Waals surface area contributed by atoms with Crippen LogP contribution in [0.2, 0.25) is 10.0 Å². The minimum atomic E-state index is -0.811. The molecule has 2 aromatic carbocycles. The van der Waals surface area contributed by atoms with Gasteiger partial charge >= 0.3 is 5.97 Å². The van der Waals surface area contributed by atoms with Gasteiger partial charge < -0.3 is 20.5 Å². The van der Waals surface area contributed by atoms with E-state index in [1.54, 1.807) is 25.7 Å². The number of carboxylic acids is 1. The van der Waals surface area contributed by atoms with E-state index in [0.29, 0.717) is 101 Å². The normalized spacial score (nSPS) is 17.6. The maximum Gasteiger partial charge on any atom is 0.307 e. The summed E-state index contributed by atoms with van der Waals surface area (Å²) in [6.45, 7) is 2.42. The van der Waals surface area contributed by atoms with Gasteiger partial charge in [0.2, 0.25) is 11.8 Å². The molecule has 1 amide bonds. The zero-order valence-corrected chi connectivity index (χ0v) is 29.2. The molecular weight excluding hydrogens is 693 g/mol. The van der Waals surface area contributed by atoms with Gasteiger partial charge in [0.15, 0.2) is 0 Å². The lowest BCUT2D eigenvalue weighted by molar-refractivity contribution is -0.141. The second kappa shape index (κ2) is 14.8. The van der Waals surface area contributed by atoms with Crippen molar-refractivity contribution in [3.05, 3.63) is 98.8 Å². The predicted molar refractivity (Wildman–Crippen MR) is 194 cm³/mol. The molecule has 5 aromatic rings. The van der Waals surface area contributed by atoms with Crippen molar-refractivity contribution in [2.75, 3.05) is 26.7 Å². The molecule has 0 radical (unpaired) electrons. The molecular formula is C37H35Cl2N7O5. The van der Waals surface area contributed by atoms with Crippen molar-refractivity contribution in [3.8, 4) is 39.4 Å². The second-order valence-corrected chi connectivity index (χ2v) is 13.5. The number of carboxylic acid groups (broad SMARTS) is 1. The Morgan fingerprint density at radius 2 is 1.76 bits per heavy atom. The standard InChI is InChI=1S/C37H35Cl2N7O5/c1-51-35-30(17-40-16-24-8-9-32(47)43-24)41-18-29(44-35)28-7-3-6-27(34(28)39)26-5-2-4-25(33(26)38)21-11-13-46-31(14-21)42-15-23(36(46)48)20-45-12-10-22(19-45)37(49)50/h2-7,11,13-15,18,22,24,40H,8-10,12,16-17,19-20H2,1H3,(H,43,47)(H,49,50). The van der Waals surface area contributed by atoms with Gasteiger partial charge in [-0.2, -0.15) is 0 Å². The third kappa shape index (κ3) is 7.18. The zero-order valence-electron chi connectivity index (χ0n) is 27.7. The molecule has 14 heteroatoms. The van der Waals surface area contributed by atoms with Crippen LogP contribution in [-0.2, 0) is 22.7 Å². The number of hydrogen-bond acceptors (Lipinski definition) is 9. The van der Waals surface area contributed by atoms with E-state index in [1.165, 1.54) is 4.40 Å². The maximum atomic E-state index is 13.3. The van der Waals surface area contributed by atoms with Gasteiger partial charge in [-0.3, -0.25) is 28.7 Å². The first kappa shape index (κ1) is 34.6. The van der Waals surface area contributed by atoms with Crippen molar-refractivity contribution in [3.63, 3.8) is 0 Å². The average molecular weight is 729 g/mol. The second-order valence-electron chi connectivity index (χ2n) is 12.8. The lowest BCUT2D eigenvalue weighted by atomic mass is 9.97. The summed E-state index contributed by atoms with van der Waals surface area (Å²) in [5, 5.41) is 16.5. The summed E-state index contributed by atoms with van der Waals surface area (Å²) in [5.41, 5.74) is 5.53. The van der Waals surface area contributed by atoms with E-state index in [9.17, 15) is 19.5 Å². The fourth-order valence-electron chi connectivity index (χ4n) is 6.72. The number of likely N-dealkylation sites (tertiary alicyclic amines) is 1. The molecule has 0 aliphatic carbocycles. The molecule has 5 heterocycles. The van der Waals surface area contributed by atoms with Crippen LogP contribution in [0.15, 0.2) is 71.9 Å². The molecule has 51 heavy (non-hydrogen) atoms. The Labute approximate surface area is 303 Å². The van der Waals surface area contributed by atoms with Crippen LogP contribution in [0.4, 0.5) is 0 Å². The number of methoxy groups -OCH3 is 1. The predicted octanol–water partition coefficient (Wildman–Crippen LogP) is 5.08. The highest BCUT2D eigenvalue weighted by atomic mass is 35.5. The Bertz CT molecular complexity index is 2210. The van der Waals surface area contributed by atoms with Gasteiger partial charge in [0.05, 0.1) is 40.5 Å². The molecule has 3 N–H and O–H groups in total. The number of amides is 1. The molecule has 262 valence electrons. The number of aliphatic carboxylic acids is 1. The Balaban J connectivity index is 1.12. The monoisotopic (exact) mass is 727 g/mol. The van der Waals surface area contributed by atoms with E-state index >= 15 is 0 Å². The first-order valence-electron chi connectivity index (χ1n) is 16.6. The molecule has 0 spiro atoms. The number of nitrogens with zero attached hydrogens (tertiary/aromatic N) is 5. The number of rotatable bonds is 11. The van der Waals surface area contributed by atoms with Crippen molar-refractivity contribution in [1.29, 1.82) is 0 Å². The number of pyridine rings is 1. The molecule has 2 aliphatic heterocycles. The highest BCUT2D eigenvalue weighted by Gasteiger charge is 2.28. The Morgan fingerprint density at radius 1 is 1.02 bits per heavy atom. The molecule has 12 nitrogen and oxygen atoms in total. The Hall–Kier alpha value is -4.88. The molecule has 2 unspecified atom stereocenters. The van der Waals surface area contributed by atoms with Gasteiger partial charge in [-0.1, -0.05) is 59.6 Å². The molecule has 2 saturated heterocycles. The van der Waals surface area contributed by atoms with E-state index in [-0.39, 0.29) is 17.5 Å². The summed E-state index contributed by atoms with van der Waals surface area (Å²) in [5.74, 6) is -0.785. The third-order valence-electron chi connectivity index (χ3n) is 9.44. The largest absolute Gasteiger partial charge is 0.481 e. The minimum absolute atomic E-state index is 0.0724. The minimum Gasteiger partial charge on any atom is -0.481 e. The van der Waals surface area contributed by atoms with Gasteiger partial charge in [0.25, 0.3) is 5.56 Å². The zero-order chi connectivity index (χ0) is 35.6. The Morgan fingerprint density at radius 3 is 2.47 bits per heavy atom. The van der Waals surface area contributed by atoms with Gasteiger partial charge in [0.1, 0.15) is 11.3 Å². The highest BCUT2D eigenvalue weighted by Crippen LogP contribution is 2.42. The first-order valence-corrected chi connectivity index (χ1v) is 17.4. The highest BCUT2D eigenvalue weighted by molar-refractivity contribution is 6.39. The molecule has 3 aromatic heterocycles. The molecule has 2 atom stereocenters. The number of nitrogens with one attached hydrogen (secondary N) is 2. The number of fused-ring (bicyclic) bond motifs is 1. The molecule has 0 bridgehead atoms. The van der Waals surface area contributed by atoms with Crippen LogP contribution >= 0.6 is 23.2 Å². The van der Waals surface area contributed by atoms with Gasteiger partial charge in [-0.25, -0.2) is 9.97 Å². The van der Waals surface area contributed by atoms with Crippen LogP contribution in [0.25, 0.3) is 39.2 Å². The number of carbonyl (C=O) groups excluding carboxylic acids is 1. The number of hydrogen-bond donors (Lipinski definition) is 3. The van der Waals surface area contributed by atoms with Crippen molar-refractivity contribution in [2.24, 2.45) is 5.92 Å². The van der Waals surface area contributed by atoms with E-state index < -0.39 is 11.9 Å². The fourth-order valence-corrected chi connectivity index (χ4v) is 7.38. The molecule has 0 saturated carbocycles. The van der Waals surface area contributed by atoms with Crippen LogP contribution in [-0.4, -0.2) is 74.0 Å². The Kier molecular flexibility index (Phi) is 10.0. The average Bonchev–Trinajstić information content (AvgIpc) is 3.79. The van der Waals surface area contributed by atoms with E-state index in [2.05, 4.69) is 20.6 Å². The number of benzene rings is 2. The van der Waals surface area contributed by atoms with Crippen LogP contribution in [0.3, 0.4) is 0 Å². The van der Waals surface area contributed by atoms with Crippen molar-refractivity contribution in [1.82, 2.24) is 34.9 Å². The molecule has 2 aliphatic rings. The van der Waals surface area contributed by atoms with Crippen molar-refractivity contribution >= 4 is 40.7 Å². The van der Waals surface area contributed by atoms with Gasteiger partial charge in [0, 0.05) is 73.3 Å². The summed E-state index contributed by atoms with van der Waals surface area (Å²) in [4.78, 5) is 52.1. The SMILES string of the molecule is COc1nc(-c2cccc(-c3cccc(-c4ccn5c(=O)c(CN6CCC(C(=O)O)C6)cnc5c4)c3Cl)c2Cl)cnc1CNCC1CCC(=O)N1. The number of ether oxygens (including phenoxy) is 1. The van der Waals surface area contributed by atoms with Crippen molar-refractivity contribution < 1.29 is 19.4 Å². The van der Waals surface area contributed by atoms with Crippen LogP contribution in [0, 0.1) is 5.92 Å². The topological polar surface area (TPSA) is 151 Å². The number of carbonyl (C=O) groups is 2. The lowest BCUT2D eigenvalue weighted by Crippen LogP contribution is -2.35. The summed E-state index contributed by atoms with van der Waals surface area (Å²) >= 11 is 14.1. The summed E-state index contributed by atoms with van der Waals surface area (Å²) in [7, 11) is 1.54. The third-order valence-corrected chi connectivity index (χ3v) is 10.3. The molecule has 2 fully saturated rings. The number of aromatic nitrogens is 4. The van der Waals surface area contributed by atoms with Crippen LogP contribution in [0.1, 0.15) is 30.5 Å². The quantitative estimate of drug-likeness (QED) is 0.168. The summed E-state index contributed by atoms with van der Waals surface area (Å²) in [6, 6.07) is 15.1. The smallest absolute Gasteiger partial charge is 0.307 e. The van der Waals surface area contributed by atoms with Gasteiger partial charge in [-0.15, -0.1) is 0 Å². The van der Waals surface area contributed by atoms with Crippen molar-refractivity contribution in [2.45, 2.75) is 38.4 Å². The van der Waals surface area contributed by atoms with E-state index in [0.717, 1.165) is 17.5 Å². The number of halogens is 2. The van der Waals surface area contributed by atoms with Crippen LogP contribution < -0.4 is 20.9 Å². The first-order chi connectivity index (χ1) is 24.7. The fraction of sp³-hybridized carbons (Fsp3) is 0.297. The summed E-state index contributed by atoms with van der Waals surface area (Å²) < 4.78 is 7.07. The maximum absolute atomic E-state index is 13.3. The lowest BCUT2D eigenvalue weighted by Gasteiger charge is -2.16. The van der Waals surface area contributed by atoms with Gasteiger partial charge in [-0.05, 0) is 37.1 Å². The van der Waals surface area contributed by atoms with E-state index in [1.807, 2.05) is 53.4 Å².